The third kappa shape index (κ3) is 7.43. The van der Waals surface area contributed by atoms with E-state index in [9.17, 15) is 9.59 Å². The van der Waals surface area contributed by atoms with Gasteiger partial charge in [-0.3, -0.25) is 14.5 Å². The van der Waals surface area contributed by atoms with E-state index in [2.05, 4.69) is 10.2 Å². The van der Waals surface area contributed by atoms with Crippen molar-refractivity contribution in [1.29, 1.82) is 0 Å². The molecule has 218 valence electrons. The Morgan fingerprint density at radius 3 is 2.24 bits per heavy atom. The lowest BCUT2D eigenvalue weighted by Crippen LogP contribution is -2.43. The minimum absolute atomic E-state index is 0.0347. The van der Waals surface area contributed by atoms with E-state index in [0.29, 0.717) is 54.0 Å². The van der Waals surface area contributed by atoms with Crippen molar-refractivity contribution in [3.8, 4) is 11.3 Å². The second-order valence-corrected chi connectivity index (χ2v) is 11.8. The Hall–Kier alpha value is -2.71. The second-order valence-electron chi connectivity index (χ2n) is 10.2. The summed E-state index contributed by atoms with van der Waals surface area (Å²) in [5.41, 5.74) is 3.25. The number of hydrogen-bond donors (Lipinski definition) is 1. The van der Waals surface area contributed by atoms with E-state index in [0.717, 1.165) is 29.6 Å². The number of nitrogens with one attached hydrogen (secondary N) is 1. The number of nitrogens with zero attached hydrogens (tertiary/aromatic N) is 2. The molecule has 1 saturated heterocycles. The summed E-state index contributed by atoms with van der Waals surface area (Å²) in [6, 6.07) is 19.9. The normalized spacial score (nSPS) is 14.6. The Balaban J connectivity index is 1.36. The molecular weight excluding hydrogens is 616 g/mol. The zero-order valence-electron chi connectivity index (χ0n) is 22.7. The van der Waals surface area contributed by atoms with Gasteiger partial charge in [0.25, 0.3) is 0 Å². The van der Waals surface area contributed by atoms with Crippen molar-refractivity contribution in [2.24, 2.45) is 5.92 Å². The number of fused-ring (bicyclic) bond motifs is 1. The predicted octanol–water partition coefficient (Wildman–Crippen LogP) is 7.40. The number of benzene rings is 3. The van der Waals surface area contributed by atoms with Crippen molar-refractivity contribution < 1.29 is 14.3 Å². The third-order valence-corrected chi connectivity index (χ3v) is 8.59. The number of carbonyl (C=O) groups excluding carboxylic acids is 2. The lowest BCUT2D eigenvalue weighted by Gasteiger charge is -2.27. The SMILES string of the molecule is O=C(CC(Cc1ccc2nc(-c3c(Cl)cccc3Cl)ccc2c1)C(=O)NCCN1CCOCC1)c1c(Cl)cccc1Cl. The minimum Gasteiger partial charge on any atom is -0.379 e. The summed E-state index contributed by atoms with van der Waals surface area (Å²) in [7, 11) is 0. The first-order valence-electron chi connectivity index (χ1n) is 13.7. The van der Waals surface area contributed by atoms with Crippen LogP contribution in [0, 0.1) is 5.92 Å². The molecule has 1 amide bonds. The molecule has 0 saturated carbocycles. The van der Waals surface area contributed by atoms with Crippen molar-refractivity contribution in [2.45, 2.75) is 12.8 Å². The molecule has 5 rings (SSSR count). The average molecular weight is 645 g/mol. The Kier molecular flexibility index (Phi) is 10.4. The lowest BCUT2D eigenvalue weighted by molar-refractivity contribution is -0.125. The molecule has 0 radical (unpaired) electrons. The largest absolute Gasteiger partial charge is 0.379 e. The lowest BCUT2D eigenvalue weighted by atomic mass is 9.90. The van der Waals surface area contributed by atoms with Crippen LogP contribution in [0.4, 0.5) is 0 Å². The number of rotatable bonds is 10. The van der Waals surface area contributed by atoms with Crippen LogP contribution in [0.25, 0.3) is 22.2 Å². The van der Waals surface area contributed by atoms with Crippen molar-refractivity contribution in [3.63, 3.8) is 0 Å². The van der Waals surface area contributed by atoms with E-state index in [1.165, 1.54) is 0 Å². The fraction of sp³-hybridized carbons (Fsp3) is 0.281. The smallest absolute Gasteiger partial charge is 0.223 e. The van der Waals surface area contributed by atoms with Crippen LogP contribution in [-0.2, 0) is 16.0 Å². The van der Waals surface area contributed by atoms with E-state index in [-0.39, 0.29) is 33.7 Å². The number of amides is 1. The van der Waals surface area contributed by atoms with Crippen LogP contribution in [0.2, 0.25) is 20.1 Å². The van der Waals surface area contributed by atoms with Crippen molar-refractivity contribution in [1.82, 2.24) is 15.2 Å². The fourth-order valence-corrected chi connectivity index (χ4v) is 6.32. The molecule has 1 N–H and O–H groups in total. The van der Waals surface area contributed by atoms with Crippen LogP contribution < -0.4 is 5.32 Å². The molecule has 42 heavy (non-hydrogen) atoms. The molecule has 6 nitrogen and oxygen atoms in total. The Labute approximate surface area is 264 Å². The van der Waals surface area contributed by atoms with Crippen LogP contribution in [-0.4, -0.2) is 61.0 Å². The van der Waals surface area contributed by atoms with Gasteiger partial charge in [0.2, 0.25) is 5.91 Å². The number of Topliss-reactive ketones (excluding diaryl/α,β-unsaturated/α-hetero) is 1. The fourth-order valence-electron chi connectivity index (χ4n) is 5.12. The van der Waals surface area contributed by atoms with Gasteiger partial charge < -0.3 is 10.1 Å². The standard InChI is InChI=1S/C32H29Cl4N3O3/c33-23-3-1-4-24(34)30(23)28-10-8-21-17-20(7-9-27(21)38-28)18-22(19-29(40)31-25(35)5-2-6-26(31)36)32(41)37-11-12-39-13-15-42-16-14-39/h1-10,17,22H,11-16,18-19H2,(H,37,41). The first kappa shape index (κ1) is 30.7. The minimum atomic E-state index is -0.624. The Morgan fingerprint density at radius 1 is 0.881 bits per heavy atom. The summed E-state index contributed by atoms with van der Waals surface area (Å²) in [5, 5.41) is 5.51. The predicted molar refractivity (Wildman–Crippen MR) is 170 cm³/mol. The maximum absolute atomic E-state index is 13.4. The van der Waals surface area contributed by atoms with E-state index >= 15 is 0 Å². The van der Waals surface area contributed by atoms with Crippen LogP contribution >= 0.6 is 46.4 Å². The molecule has 1 fully saturated rings. The van der Waals surface area contributed by atoms with Gasteiger partial charge in [-0.2, -0.15) is 0 Å². The molecule has 3 aromatic carbocycles. The molecule has 1 unspecified atom stereocenters. The maximum Gasteiger partial charge on any atom is 0.223 e. The van der Waals surface area contributed by atoms with E-state index in [4.69, 9.17) is 56.1 Å². The average Bonchev–Trinajstić information content (AvgIpc) is 2.97. The van der Waals surface area contributed by atoms with Gasteiger partial charge in [-0.1, -0.05) is 70.7 Å². The van der Waals surface area contributed by atoms with Crippen LogP contribution in [0.3, 0.4) is 0 Å². The van der Waals surface area contributed by atoms with Crippen molar-refractivity contribution >= 4 is 69.0 Å². The number of carbonyl (C=O) groups is 2. The Morgan fingerprint density at radius 2 is 1.55 bits per heavy atom. The van der Waals surface area contributed by atoms with Gasteiger partial charge in [-0.05, 0) is 54.4 Å². The van der Waals surface area contributed by atoms with Crippen LogP contribution in [0.15, 0.2) is 66.7 Å². The molecule has 2 heterocycles. The quantitative estimate of drug-likeness (QED) is 0.182. The van der Waals surface area contributed by atoms with Gasteiger partial charge in [-0.15, -0.1) is 0 Å². The number of morpholine rings is 1. The molecule has 1 atom stereocenters. The summed E-state index contributed by atoms with van der Waals surface area (Å²) in [6.07, 6.45) is 0.318. The van der Waals surface area contributed by atoms with Gasteiger partial charge in [0.15, 0.2) is 5.78 Å². The highest BCUT2D eigenvalue weighted by Crippen LogP contribution is 2.34. The maximum atomic E-state index is 13.4. The summed E-state index contributed by atoms with van der Waals surface area (Å²) in [5.74, 6) is -1.09. The van der Waals surface area contributed by atoms with Gasteiger partial charge >= 0.3 is 0 Å². The zero-order valence-corrected chi connectivity index (χ0v) is 25.7. The monoisotopic (exact) mass is 643 g/mol. The van der Waals surface area contributed by atoms with E-state index in [1.807, 2.05) is 30.3 Å². The van der Waals surface area contributed by atoms with Gasteiger partial charge in [0, 0.05) is 49.5 Å². The number of ether oxygens (including phenoxy) is 1. The molecule has 0 spiro atoms. The third-order valence-electron chi connectivity index (χ3n) is 7.33. The van der Waals surface area contributed by atoms with Crippen LogP contribution in [0.5, 0.6) is 0 Å². The molecular formula is C32H29Cl4N3O3. The summed E-state index contributed by atoms with van der Waals surface area (Å²) >= 11 is 25.4. The van der Waals surface area contributed by atoms with Gasteiger partial charge in [0.1, 0.15) is 0 Å². The van der Waals surface area contributed by atoms with E-state index in [1.54, 1.807) is 36.4 Å². The van der Waals surface area contributed by atoms with Crippen molar-refractivity contribution in [2.75, 3.05) is 39.4 Å². The Bertz CT molecular complexity index is 1570. The summed E-state index contributed by atoms with van der Waals surface area (Å²) < 4.78 is 5.40. The molecule has 1 aromatic heterocycles. The highest BCUT2D eigenvalue weighted by molar-refractivity contribution is 6.40. The number of pyridine rings is 1. The van der Waals surface area contributed by atoms with Gasteiger partial charge in [-0.25, -0.2) is 4.98 Å². The molecule has 0 aliphatic carbocycles. The van der Waals surface area contributed by atoms with Gasteiger partial charge in [0.05, 0.1) is 50.1 Å². The molecule has 4 aromatic rings. The second kappa shape index (κ2) is 14.2. The van der Waals surface area contributed by atoms with Crippen molar-refractivity contribution in [3.05, 3.63) is 97.9 Å². The van der Waals surface area contributed by atoms with E-state index < -0.39 is 5.92 Å². The molecule has 10 heteroatoms. The topological polar surface area (TPSA) is 71.5 Å². The highest BCUT2D eigenvalue weighted by atomic mass is 35.5. The first-order valence-corrected chi connectivity index (χ1v) is 15.2. The number of hydrogen-bond acceptors (Lipinski definition) is 5. The number of ketones is 1. The summed E-state index contributed by atoms with van der Waals surface area (Å²) in [6.45, 7) is 4.23. The number of aromatic nitrogens is 1. The summed E-state index contributed by atoms with van der Waals surface area (Å²) in [4.78, 5) is 33.8. The molecule has 1 aliphatic heterocycles. The first-order chi connectivity index (χ1) is 20.3. The molecule has 1 aliphatic rings. The highest BCUT2D eigenvalue weighted by Gasteiger charge is 2.26. The molecule has 0 bridgehead atoms. The zero-order chi connectivity index (χ0) is 29.6. The number of halogens is 4. The van der Waals surface area contributed by atoms with Crippen LogP contribution in [0.1, 0.15) is 22.3 Å².